The van der Waals surface area contributed by atoms with E-state index < -0.39 is 0 Å². The molecule has 0 saturated carbocycles. The fourth-order valence-corrected chi connectivity index (χ4v) is 1.88. The van der Waals surface area contributed by atoms with Crippen molar-refractivity contribution in [2.24, 2.45) is 5.92 Å². The second-order valence-corrected chi connectivity index (χ2v) is 3.94. The van der Waals surface area contributed by atoms with Gasteiger partial charge in [-0.2, -0.15) is 0 Å². The fraction of sp³-hybridized carbons (Fsp3) is 0.700. The van der Waals surface area contributed by atoms with E-state index in [1.54, 1.807) is 6.20 Å². The monoisotopic (exact) mass is 195 g/mol. The van der Waals surface area contributed by atoms with Gasteiger partial charge in [0.05, 0.1) is 12.7 Å². The first-order valence-electron chi connectivity index (χ1n) is 5.20. The number of hydrogen-bond donors (Lipinski definition) is 2. The van der Waals surface area contributed by atoms with Gasteiger partial charge in [-0.05, 0) is 25.4 Å². The molecule has 1 aromatic heterocycles. The predicted octanol–water partition coefficient (Wildman–Crippen LogP) is 0.762. The minimum Gasteiger partial charge on any atom is -0.360 e. The molecule has 0 amide bonds. The molecule has 2 N–H and O–H groups in total. The highest BCUT2D eigenvalue weighted by atomic mass is 16.5. The molecule has 1 aromatic rings. The molecule has 0 radical (unpaired) electrons. The first kappa shape index (κ1) is 9.68. The van der Waals surface area contributed by atoms with Crippen LogP contribution < -0.4 is 10.6 Å². The lowest BCUT2D eigenvalue weighted by molar-refractivity contribution is 0.280. The highest BCUT2D eigenvalue weighted by molar-refractivity contribution is 4.93. The summed E-state index contributed by atoms with van der Waals surface area (Å²) in [7, 11) is 0. The zero-order valence-electron chi connectivity index (χ0n) is 8.49. The van der Waals surface area contributed by atoms with Crippen molar-refractivity contribution in [3.05, 3.63) is 18.0 Å². The van der Waals surface area contributed by atoms with Crippen molar-refractivity contribution < 1.29 is 4.52 Å². The van der Waals surface area contributed by atoms with Crippen LogP contribution in [0, 0.1) is 5.92 Å². The Morgan fingerprint density at radius 2 is 2.64 bits per heavy atom. The van der Waals surface area contributed by atoms with Gasteiger partial charge in [-0.25, -0.2) is 0 Å². The first-order valence-corrected chi connectivity index (χ1v) is 5.20. The molecule has 0 spiro atoms. The van der Waals surface area contributed by atoms with Crippen LogP contribution in [0.1, 0.15) is 19.1 Å². The van der Waals surface area contributed by atoms with E-state index in [-0.39, 0.29) is 0 Å². The number of hydrogen-bond acceptors (Lipinski definition) is 4. The van der Waals surface area contributed by atoms with Gasteiger partial charge in [0.1, 0.15) is 5.76 Å². The van der Waals surface area contributed by atoms with E-state index in [1.807, 2.05) is 6.07 Å². The largest absolute Gasteiger partial charge is 0.360 e. The topological polar surface area (TPSA) is 50.1 Å². The summed E-state index contributed by atoms with van der Waals surface area (Å²) in [4.78, 5) is 0. The summed E-state index contributed by atoms with van der Waals surface area (Å²) in [5.74, 6) is 1.60. The smallest absolute Gasteiger partial charge is 0.150 e. The highest BCUT2D eigenvalue weighted by Gasteiger charge is 2.20. The highest BCUT2D eigenvalue weighted by Crippen LogP contribution is 2.11. The van der Waals surface area contributed by atoms with Crippen molar-refractivity contribution in [1.29, 1.82) is 0 Å². The van der Waals surface area contributed by atoms with Crippen LogP contribution >= 0.6 is 0 Å². The standard InChI is InChI=1S/C10H17N3O/c1-8-6-11-4-3-10(8)12-7-9-2-5-13-14-9/h2,5,8,10-12H,3-4,6-7H2,1H3. The molecule has 1 saturated heterocycles. The molecule has 14 heavy (non-hydrogen) atoms. The first-order chi connectivity index (χ1) is 6.86. The molecule has 0 bridgehead atoms. The zero-order valence-corrected chi connectivity index (χ0v) is 8.49. The Hall–Kier alpha value is -0.870. The fourth-order valence-electron chi connectivity index (χ4n) is 1.88. The van der Waals surface area contributed by atoms with E-state index in [9.17, 15) is 0 Å². The molecule has 1 fully saturated rings. The van der Waals surface area contributed by atoms with Crippen molar-refractivity contribution in [2.45, 2.75) is 25.9 Å². The predicted molar refractivity (Wildman–Crippen MR) is 53.8 cm³/mol. The van der Waals surface area contributed by atoms with E-state index in [1.165, 1.54) is 6.42 Å². The van der Waals surface area contributed by atoms with Crippen LogP contribution in [0.5, 0.6) is 0 Å². The van der Waals surface area contributed by atoms with Gasteiger partial charge in [0.25, 0.3) is 0 Å². The van der Waals surface area contributed by atoms with E-state index >= 15 is 0 Å². The van der Waals surface area contributed by atoms with E-state index in [4.69, 9.17) is 4.52 Å². The number of piperidine rings is 1. The molecule has 2 atom stereocenters. The molecular formula is C10H17N3O. The van der Waals surface area contributed by atoms with Crippen LogP contribution in [0.15, 0.2) is 16.8 Å². The zero-order chi connectivity index (χ0) is 9.80. The minimum absolute atomic E-state index is 0.598. The van der Waals surface area contributed by atoms with Gasteiger partial charge in [-0.3, -0.25) is 0 Å². The maximum absolute atomic E-state index is 5.03. The summed E-state index contributed by atoms with van der Waals surface area (Å²) in [5.41, 5.74) is 0. The Labute approximate surface area is 84.0 Å². The molecule has 4 heteroatoms. The molecule has 0 aliphatic carbocycles. The summed E-state index contributed by atoms with van der Waals surface area (Å²) in [5, 5.41) is 10.6. The van der Waals surface area contributed by atoms with Crippen LogP contribution in [0.2, 0.25) is 0 Å². The van der Waals surface area contributed by atoms with E-state index in [0.29, 0.717) is 12.0 Å². The second-order valence-electron chi connectivity index (χ2n) is 3.94. The van der Waals surface area contributed by atoms with Crippen molar-refractivity contribution >= 4 is 0 Å². The lowest BCUT2D eigenvalue weighted by Crippen LogP contribution is -2.45. The number of nitrogens with zero attached hydrogens (tertiary/aromatic N) is 1. The van der Waals surface area contributed by atoms with Gasteiger partial charge in [0.15, 0.2) is 0 Å². The minimum atomic E-state index is 0.598. The van der Waals surface area contributed by atoms with Crippen LogP contribution in [0.25, 0.3) is 0 Å². The maximum Gasteiger partial charge on any atom is 0.150 e. The average Bonchev–Trinajstić information content (AvgIpc) is 2.69. The normalized spacial score (nSPS) is 27.8. The number of aromatic nitrogens is 1. The summed E-state index contributed by atoms with van der Waals surface area (Å²) < 4.78 is 5.03. The molecule has 0 aromatic carbocycles. The molecule has 78 valence electrons. The van der Waals surface area contributed by atoms with E-state index in [2.05, 4.69) is 22.7 Å². The number of nitrogens with one attached hydrogen (secondary N) is 2. The Morgan fingerprint density at radius 3 is 3.36 bits per heavy atom. The van der Waals surface area contributed by atoms with Gasteiger partial charge in [-0.1, -0.05) is 12.1 Å². The van der Waals surface area contributed by atoms with Gasteiger partial charge >= 0.3 is 0 Å². The maximum atomic E-state index is 5.03. The van der Waals surface area contributed by atoms with E-state index in [0.717, 1.165) is 25.4 Å². The van der Waals surface area contributed by atoms with Crippen LogP contribution in [-0.4, -0.2) is 24.3 Å². The molecule has 2 rings (SSSR count). The Morgan fingerprint density at radius 1 is 1.71 bits per heavy atom. The third-order valence-electron chi connectivity index (χ3n) is 2.82. The molecule has 1 aliphatic heterocycles. The molecule has 2 unspecified atom stereocenters. The van der Waals surface area contributed by atoms with Crippen molar-refractivity contribution in [3.8, 4) is 0 Å². The summed E-state index contributed by atoms with van der Waals surface area (Å²) in [6.07, 6.45) is 2.87. The molecule has 2 heterocycles. The van der Waals surface area contributed by atoms with Crippen molar-refractivity contribution in [2.75, 3.05) is 13.1 Å². The third-order valence-corrected chi connectivity index (χ3v) is 2.82. The summed E-state index contributed by atoms with van der Waals surface area (Å²) in [6, 6.07) is 2.50. The van der Waals surface area contributed by atoms with Crippen LogP contribution in [0.3, 0.4) is 0 Å². The van der Waals surface area contributed by atoms with Gasteiger partial charge < -0.3 is 15.2 Å². The van der Waals surface area contributed by atoms with Gasteiger partial charge in [0.2, 0.25) is 0 Å². The second kappa shape index (κ2) is 4.57. The Kier molecular flexibility index (Phi) is 3.16. The summed E-state index contributed by atoms with van der Waals surface area (Å²) >= 11 is 0. The third kappa shape index (κ3) is 2.33. The van der Waals surface area contributed by atoms with Gasteiger partial charge in [-0.15, -0.1) is 0 Å². The summed E-state index contributed by atoms with van der Waals surface area (Å²) in [6.45, 7) is 5.27. The van der Waals surface area contributed by atoms with Crippen molar-refractivity contribution in [1.82, 2.24) is 15.8 Å². The molecule has 1 aliphatic rings. The Balaban J connectivity index is 1.79. The number of rotatable bonds is 3. The SMILES string of the molecule is CC1CNCCC1NCc1ccno1. The van der Waals surface area contributed by atoms with Gasteiger partial charge in [0, 0.05) is 12.1 Å². The molecular weight excluding hydrogens is 178 g/mol. The Bertz CT molecular complexity index is 260. The average molecular weight is 195 g/mol. The van der Waals surface area contributed by atoms with Crippen LogP contribution in [-0.2, 0) is 6.54 Å². The lowest BCUT2D eigenvalue weighted by atomic mass is 9.95. The van der Waals surface area contributed by atoms with Crippen LogP contribution in [0.4, 0.5) is 0 Å². The lowest BCUT2D eigenvalue weighted by Gasteiger charge is -2.30. The van der Waals surface area contributed by atoms with Crippen molar-refractivity contribution in [3.63, 3.8) is 0 Å². The quantitative estimate of drug-likeness (QED) is 0.747. The molecule has 4 nitrogen and oxygen atoms in total.